The van der Waals surface area contributed by atoms with Gasteiger partial charge in [0, 0.05) is 5.33 Å². The normalized spacial score (nSPS) is 12.8. The summed E-state index contributed by atoms with van der Waals surface area (Å²) in [6, 6.07) is 0. The third kappa shape index (κ3) is 10.2. The van der Waals surface area contributed by atoms with Crippen LogP contribution in [-0.2, 0) is 0 Å². The molecule has 0 saturated heterocycles. The van der Waals surface area contributed by atoms with Gasteiger partial charge in [-0.3, -0.25) is 0 Å². The van der Waals surface area contributed by atoms with Crippen molar-refractivity contribution in [2.75, 3.05) is 5.33 Å². The van der Waals surface area contributed by atoms with E-state index in [0.29, 0.717) is 0 Å². The van der Waals surface area contributed by atoms with Gasteiger partial charge in [0.2, 0.25) is 0 Å². The highest BCUT2D eigenvalue weighted by Crippen LogP contribution is 2.11. The van der Waals surface area contributed by atoms with Crippen LogP contribution in [0.4, 0.5) is 0 Å². The smallest absolute Gasteiger partial charge is 0.0214 e. The van der Waals surface area contributed by atoms with Gasteiger partial charge >= 0.3 is 0 Å². The minimum Gasteiger partial charge on any atom is -0.0883 e. The van der Waals surface area contributed by atoms with Gasteiger partial charge in [0.25, 0.3) is 0 Å². The predicted octanol–water partition coefficient (Wildman–Crippen LogP) is 5.80. The second-order valence-electron chi connectivity index (χ2n) is 4.61. The zero-order chi connectivity index (χ0) is 12.4. The van der Waals surface area contributed by atoms with Gasteiger partial charge in [0.1, 0.15) is 0 Å². The highest BCUT2D eigenvalue weighted by atomic mass is 79.9. The molecule has 0 saturated carbocycles. The fraction of sp³-hybridized carbons (Fsp3) is 0.600. The molecule has 0 aromatic rings. The molecule has 0 unspecified atom stereocenters. The van der Waals surface area contributed by atoms with Crippen molar-refractivity contribution in [3.8, 4) is 0 Å². The third-order valence-electron chi connectivity index (χ3n) is 2.55. The van der Waals surface area contributed by atoms with E-state index < -0.39 is 0 Å². The summed E-state index contributed by atoms with van der Waals surface area (Å²) in [5, 5.41) is 0.974. The van der Waals surface area contributed by atoms with Crippen LogP contribution < -0.4 is 0 Å². The fourth-order valence-electron chi connectivity index (χ4n) is 1.47. The largest absolute Gasteiger partial charge is 0.0883 e. The molecule has 0 radical (unpaired) electrons. The molecule has 16 heavy (non-hydrogen) atoms. The van der Waals surface area contributed by atoms with Crippen molar-refractivity contribution in [1.29, 1.82) is 0 Å². The third-order valence-corrected chi connectivity index (χ3v) is 2.87. The molecule has 0 atom stereocenters. The molecule has 0 aliphatic rings. The first-order valence-corrected chi connectivity index (χ1v) is 7.19. The molecule has 92 valence electrons. The number of hydrogen-bond donors (Lipinski definition) is 0. The summed E-state index contributed by atoms with van der Waals surface area (Å²) >= 11 is 3.42. The van der Waals surface area contributed by atoms with Gasteiger partial charge in [0.05, 0.1) is 0 Å². The minimum absolute atomic E-state index is 0.974. The lowest BCUT2D eigenvalue weighted by Gasteiger charge is -2.00. The molecular weight excluding hydrogens is 260 g/mol. The Bertz CT molecular complexity index is 265. The van der Waals surface area contributed by atoms with Crippen LogP contribution in [-0.4, -0.2) is 5.33 Å². The summed E-state index contributed by atoms with van der Waals surface area (Å²) in [6.45, 7) is 8.76. The molecule has 1 heteroatoms. The molecule has 0 nitrogen and oxygen atoms in total. The highest BCUT2D eigenvalue weighted by Gasteiger charge is 1.91. The van der Waals surface area contributed by atoms with Gasteiger partial charge in [-0.25, -0.2) is 0 Å². The molecule has 0 amide bonds. The summed E-state index contributed by atoms with van der Waals surface area (Å²) in [6.07, 6.45) is 11.7. The lowest BCUT2D eigenvalue weighted by molar-refractivity contribution is 0.917. The average Bonchev–Trinajstić information content (AvgIpc) is 2.17. The Kier molecular flexibility index (Phi) is 9.71. The first-order valence-electron chi connectivity index (χ1n) is 6.07. The summed E-state index contributed by atoms with van der Waals surface area (Å²) in [4.78, 5) is 0. The first kappa shape index (κ1) is 15.7. The molecular formula is C15H25Br. The van der Waals surface area contributed by atoms with E-state index in [2.05, 4.69) is 61.9 Å². The molecule has 0 bridgehead atoms. The first-order chi connectivity index (χ1) is 7.56. The Hall–Kier alpha value is -0.300. The van der Waals surface area contributed by atoms with Crippen molar-refractivity contribution >= 4 is 15.9 Å². The van der Waals surface area contributed by atoms with E-state index in [4.69, 9.17) is 0 Å². The maximum Gasteiger partial charge on any atom is 0.0214 e. The van der Waals surface area contributed by atoms with Crippen LogP contribution in [0.15, 0.2) is 34.9 Å². The maximum atomic E-state index is 3.42. The lowest BCUT2D eigenvalue weighted by Crippen LogP contribution is -1.81. The standard InChI is InChI=1S/C15H25Br/c1-13(2)7-5-8-14(3)9-6-10-15(4)11-12-16/h7,9,11H,5-6,8,10,12H2,1-4H3/b14-9-,15-11+. The lowest BCUT2D eigenvalue weighted by atomic mass is 10.1. The van der Waals surface area contributed by atoms with Crippen molar-refractivity contribution in [2.24, 2.45) is 0 Å². The molecule has 0 aromatic carbocycles. The van der Waals surface area contributed by atoms with E-state index in [9.17, 15) is 0 Å². The maximum absolute atomic E-state index is 3.42. The van der Waals surface area contributed by atoms with Crippen molar-refractivity contribution in [3.63, 3.8) is 0 Å². The van der Waals surface area contributed by atoms with Crippen LogP contribution >= 0.6 is 15.9 Å². The molecule has 0 rings (SSSR count). The minimum atomic E-state index is 0.974. The van der Waals surface area contributed by atoms with Gasteiger partial charge < -0.3 is 0 Å². The SMILES string of the molecule is CC(C)=CCC/C(C)=C\CC/C(C)=C/CBr. The van der Waals surface area contributed by atoms with Gasteiger partial charge in [-0.2, -0.15) is 0 Å². The van der Waals surface area contributed by atoms with Crippen LogP contribution in [0.1, 0.15) is 53.4 Å². The van der Waals surface area contributed by atoms with Gasteiger partial charge in [0.15, 0.2) is 0 Å². The van der Waals surface area contributed by atoms with Crippen LogP contribution in [0.3, 0.4) is 0 Å². The number of rotatable bonds is 7. The molecule has 0 N–H and O–H groups in total. The molecule has 0 spiro atoms. The molecule has 0 aliphatic carbocycles. The summed E-state index contributed by atoms with van der Waals surface area (Å²) in [5.41, 5.74) is 4.42. The van der Waals surface area contributed by atoms with E-state index >= 15 is 0 Å². The van der Waals surface area contributed by atoms with Gasteiger partial charge in [-0.15, -0.1) is 0 Å². The number of alkyl halides is 1. The molecule has 0 aliphatic heterocycles. The second kappa shape index (κ2) is 9.89. The Morgan fingerprint density at radius 3 is 1.81 bits per heavy atom. The highest BCUT2D eigenvalue weighted by molar-refractivity contribution is 9.09. The molecule has 0 aromatic heterocycles. The number of hydrogen-bond acceptors (Lipinski definition) is 0. The van der Waals surface area contributed by atoms with Crippen LogP contribution in [0.2, 0.25) is 0 Å². The average molecular weight is 285 g/mol. The number of allylic oxidation sites excluding steroid dienone is 6. The zero-order valence-electron chi connectivity index (χ0n) is 11.1. The van der Waals surface area contributed by atoms with E-state index in [1.165, 1.54) is 42.4 Å². The zero-order valence-corrected chi connectivity index (χ0v) is 12.7. The Labute approximate surface area is 110 Å². The molecule has 0 fully saturated rings. The topological polar surface area (TPSA) is 0 Å². The van der Waals surface area contributed by atoms with Crippen LogP contribution in [0, 0.1) is 0 Å². The number of halogens is 1. The van der Waals surface area contributed by atoms with E-state index in [1.807, 2.05) is 0 Å². The Balaban J connectivity index is 3.79. The van der Waals surface area contributed by atoms with Crippen LogP contribution in [0.25, 0.3) is 0 Å². The van der Waals surface area contributed by atoms with E-state index in [1.54, 1.807) is 0 Å². The van der Waals surface area contributed by atoms with Crippen LogP contribution in [0.5, 0.6) is 0 Å². The summed E-state index contributed by atoms with van der Waals surface area (Å²) in [7, 11) is 0. The van der Waals surface area contributed by atoms with Gasteiger partial charge in [-0.05, 0) is 53.4 Å². The Morgan fingerprint density at radius 2 is 1.31 bits per heavy atom. The van der Waals surface area contributed by atoms with E-state index in [0.717, 1.165) is 5.33 Å². The Morgan fingerprint density at radius 1 is 0.812 bits per heavy atom. The molecule has 0 heterocycles. The van der Waals surface area contributed by atoms with E-state index in [-0.39, 0.29) is 0 Å². The summed E-state index contributed by atoms with van der Waals surface area (Å²) < 4.78 is 0. The quantitative estimate of drug-likeness (QED) is 0.409. The second-order valence-corrected chi connectivity index (χ2v) is 5.26. The van der Waals surface area contributed by atoms with Crippen molar-refractivity contribution in [3.05, 3.63) is 34.9 Å². The predicted molar refractivity (Wildman–Crippen MR) is 79.2 cm³/mol. The van der Waals surface area contributed by atoms with Crippen molar-refractivity contribution in [1.82, 2.24) is 0 Å². The fourth-order valence-corrected chi connectivity index (χ4v) is 2.02. The van der Waals surface area contributed by atoms with Gasteiger partial charge in [-0.1, -0.05) is 50.9 Å². The summed E-state index contributed by atoms with van der Waals surface area (Å²) in [5.74, 6) is 0. The van der Waals surface area contributed by atoms with Crippen molar-refractivity contribution in [2.45, 2.75) is 53.4 Å². The van der Waals surface area contributed by atoms with Crippen molar-refractivity contribution < 1.29 is 0 Å². The monoisotopic (exact) mass is 284 g/mol.